The summed E-state index contributed by atoms with van der Waals surface area (Å²) in [6.45, 7) is 4.37. The zero-order valence-electron chi connectivity index (χ0n) is 9.05. The Balaban J connectivity index is 2.73. The maximum absolute atomic E-state index is 11.1. The monoisotopic (exact) mass is 193 g/mol. The second-order valence-electron chi connectivity index (χ2n) is 3.72. The number of aromatic amines is 1. The summed E-state index contributed by atoms with van der Waals surface area (Å²) in [6, 6.07) is 5.42. The van der Waals surface area contributed by atoms with E-state index in [1.807, 2.05) is 12.1 Å². The van der Waals surface area contributed by atoms with E-state index >= 15 is 0 Å². The predicted molar refractivity (Wildman–Crippen MR) is 59.6 cm³/mol. The zero-order chi connectivity index (χ0) is 10.4. The van der Waals surface area contributed by atoms with E-state index in [0.29, 0.717) is 5.92 Å². The lowest BCUT2D eigenvalue weighted by molar-refractivity contribution is 0.556. The molecule has 78 valence electrons. The average Bonchev–Trinajstić information content (AvgIpc) is 2.19. The summed E-state index contributed by atoms with van der Waals surface area (Å²) in [7, 11) is 0. The molecule has 2 heteroatoms. The van der Waals surface area contributed by atoms with Gasteiger partial charge in [-0.3, -0.25) is 4.79 Å². The molecule has 0 saturated carbocycles. The summed E-state index contributed by atoms with van der Waals surface area (Å²) in [6.07, 6.45) is 4.72. The van der Waals surface area contributed by atoms with Crippen molar-refractivity contribution < 1.29 is 0 Å². The van der Waals surface area contributed by atoms with Crippen LogP contribution in [0, 0.1) is 0 Å². The normalized spacial score (nSPS) is 12.7. The second-order valence-corrected chi connectivity index (χ2v) is 3.72. The first kappa shape index (κ1) is 11.0. The van der Waals surface area contributed by atoms with Crippen molar-refractivity contribution in [1.29, 1.82) is 0 Å². The van der Waals surface area contributed by atoms with Gasteiger partial charge in [-0.2, -0.15) is 0 Å². The molecule has 14 heavy (non-hydrogen) atoms. The van der Waals surface area contributed by atoms with Gasteiger partial charge in [-0.1, -0.05) is 32.8 Å². The van der Waals surface area contributed by atoms with Crippen LogP contribution in [0.4, 0.5) is 0 Å². The van der Waals surface area contributed by atoms with E-state index in [9.17, 15) is 4.79 Å². The van der Waals surface area contributed by atoms with E-state index in [4.69, 9.17) is 0 Å². The van der Waals surface area contributed by atoms with Crippen molar-refractivity contribution in [3.8, 4) is 0 Å². The third-order valence-corrected chi connectivity index (χ3v) is 2.63. The van der Waals surface area contributed by atoms with Crippen LogP contribution in [-0.4, -0.2) is 4.98 Å². The molecule has 0 aliphatic rings. The van der Waals surface area contributed by atoms with Gasteiger partial charge in [0.15, 0.2) is 0 Å². The molecule has 1 atom stereocenters. The average molecular weight is 193 g/mol. The highest BCUT2D eigenvalue weighted by molar-refractivity contribution is 5.09. The Morgan fingerprint density at radius 2 is 2.14 bits per heavy atom. The standard InChI is InChI=1S/C12H19NO/c1-3-5-7-10(4-2)11-8-6-9-12(14)13-11/h6,8-10H,3-5,7H2,1-2H3,(H,13,14). The fourth-order valence-corrected chi connectivity index (χ4v) is 1.73. The summed E-state index contributed by atoms with van der Waals surface area (Å²) in [5, 5.41) is 0. The number of H-pyrrole nitrogens is 1. The van der Waals surface area contributed by atoms with Crippen LogP contribution in [0.1, 0.15) is 51.1 Å². The summed E-state index contributed by atoms with van der Waals surface area (Å²) in [5.74, 6) is 0.517. The second kappa shape index (κ2) is 5.63. The minimum Gasteiger partial charge on any atom is -0.326 e. The van der Waals surface area contributed by atoms with E-state index in [0.717, 1.165) is 12.1 Å². The molecule has 0 spiro atoms. The largest absolute Gasteiger partial charge is 0.326 e. The van der Waals surface area contributed by atoms with Crippen molar-refractivity contribution in [2.24, 2.45) is 0 Å². The Bertz CT molecular complexity index is 316. The molecule has 0 saturated heterocycles. The molecule has 2 nitrogen and oxygen atoms in total. The lowest BCUT2D eigenvalue weighted by Gasteiger charge is -2.13. The fraction of sp³-hybridized carbons (Fsp3) is 0.583. The van der Waals surface area contributed by atoms with Gasteiger partial charge in [0.2, 0.25) is 5.56 Å². The highest BCUT2D eigenvalue weighted by Gasteiger charge is 2.08. The quantitative estimate of drug-likeness (QED) is 0.766. The maximum Gasteiger partial charge on any atom is 0.248 e. The predicted octanol–water partition coefficient (Wildman–Crippen LogP) is 3.06. The molecule has 0 radical (unpaired) electrons. The smallest absolute Gasteiger partial charge is 0.248 e. The first-order chi connectivity index (χ1) is 6.77. The Morgan fingerprint density at radius 1 is 1.36 bits per heavy atom. The number of hydrogen-bond donors (Lipinski definition) is 1. The van der Waals surface area contributed by atoms with E-state index in [2.05, 4.69) is 18.8 Å². The highest BCUT2D eigenvalue weighted by atomic mass is 16.1. The zero-order valence-corrected chi connectivity index (χ0v) is 9.05. The minimum atomic E-state index is 0.0115. The van der Waals surface area contributed by atoms with E-state index in [-0.39, 0.29) is 5.56 Å². The summed E-state index contributed by atoms with van der Waals surface area (Å²) in [5.41, 5.74) is 1.10. The van der Waals surface area contributed by atoms with Crippen LogP contribution < -0.4 is 5.56 Å². The molecule has 0 fully saturated rings. The minimum absolute atomic E-state index is 0.0115. The van der Waals surface area contributed by atoms with Gasteiger partial charge in [0.25, 0.3) is 0 Å². The van der Waals surface area contributed by atoms with E-state index in [1.165, 1.54) is 19.3 Å². The highest BCUT2D eigenvalue weighted by Crippen LogP contribution is 2.22. The molecule has 1 aromatic heterocycles. The van der Waals surface area contributed by atoms with Gasteiger partial charge in [0.05, 0.1) is 0 Å². The van der Waals surface area contributed by atoms with Crippen LogP contribution in [-0.2, 0) is 0 Å². The van der Waals surface area contributed by atoms with Crippen LogP contribution in [0.5, 0.6) is 0 Å². The number of unbranched alkanes of at least 4 members (excludes halogenated alkanes) is 1. The van der Waals surface area contributed by atoms with Gasteiger partial charge in [0.1, 0.15) is 0 Å². The van der Waals surface area contributed by atoms with E-state index < -0.39 is 0 Å². The van der Waals surface area contributed by atoms with Crippen molar-refractivity contribution in [3.63, 3.8) is 0 Å². The number of pyridine rings is 1. The molecule has 1 aromatic rings. The van der Waals surface area contributed by atoms with Crippen LogP contribution in [0.25, 0.3) is 0 Å². The maximum atomic E-state index is 11.1. The van der Waals surface area contributed by atoms with Gasteiger partial charge in [-0.25, -0.2) is 0 Å². The fourth-order valence-electron chi connectivity index (χ4n) is 1.73. The van der Waals surface area contributed by atoms with Gasteiger partial charge in [-0.05, 0) is 24.8 Å². The Hall–Kier alpha value is -1.05. The molecule has 0 aliphatic carbocycles. The summed E-state index contributed by atoms with van der Waals surface area (Å²) in [4.78, 5) is 14.0. The lowest BCUT2D eigenvalue weighted by atomic mass is 9.95. The Morgan fingerprint density at radius 3 is 2.71 bits per heavy atom. The number of aromatic nitrogens is 1. The Labute approximate surface area is 85.4 Å². The van der Waals surface area contributed by atoms with Gasteiger partial charge in [0, 0.05) is 11.8 Å². The molecule has 1 heterocycles. The van der Waals surface area contributed by atoms with Crippen molar-refractivity contribution in [1.82, 2.24) is 4.98 Å². The Kier molecular flexibility index (Phi) is 4.44. The number of nitrogens with one attached hydrogen (secondary N) is 1. The molecule has 1 rings (SSSR count). The lowest BCUT2D eigenvalue weighted by Crippen LogP contribution is -2.09. The van der Waals surface area contributed by atoms with Gasteiger partial charge < -0.3 is 4.98 Å². The first-order valence-corrected chi connectivity index (χ1v) is 5.47. The van der Waals surface area contributed by atoms with Gasteiger partial charge >= 0.3 is 0 Å². The van der Waals surface area contributed by atoms with Crippen LogP contribution in [0.2, 0.25) is 0 Å². The third-order valence-electron chi connectivity index (χ3n) is 2.63. The number of hydrogen-bond acceptors (Lipinski definition) is 1. The topological polar surface area (TPSA) is 32.9 Å². The summed E-state index contributed by atoms with van der Waals surface area (Å²) >= 11 is 0. The molecule has 0 bridgehead atoms. The molecular weight excluding hydrogens is 174 g/mol. The molecule has 0 aliphatic heterocycles. The summed E-state index contributed by atoms with van der Waals surface area (Å²) < 4.78 is 0. The van der Waals surface area contributed by atoms with E-state index in [1.54, 1.807) is 6.07 Å². The van der Waals surface area contributed by atoms with Crippen LogP contribution in [0.15, 0.2) is 23.0 Å². The van der Waals surface area contributed by atoms with Crippen LogP contribution in [0.3, 0.4) is 0 Å². The third kappa shape index (κ3) is 3.02. The van der Waals surface area contributed by atoms with Gasteiger partial charge in [-0.15, -0.1) is 0 Å². The SMILES string of the molecule is CCCCC(CC)c1cccc(=O)[nH]1. The molecule has 1 N–H and O–H groups in total. The molecular formula is C12H19NO. The van der Waals surface area contributed by atoms with Crippen molar-refractivity contribution in [2.45, 2.75) is 45.4 Å². The number of rotatable bonds is 5. The first-order valence-electron chi connectivity index (χ1n) is 5.47. The van der Waals surface area contributed by atoms with Crippen molar-refractivity contribution in [3.05, 3.63) is 34.2 Å². The van der Waals surface area contributed by atoms with Crippen molar-refractivity contribution >= 4 is 0 Å². The molecule has 0 aromatic carbocycles. The molecule has 1 unspecified atom stereocenters. The van der Waals surface area contributed by atoms with Crippen LogP contribution >= 0.6 is 0 Å². The van der Waals surface area contributed by atoms with Crippen molar-refractivity contribution in [2.75, 3.05) is 0 Å². The molecule has 0 amide bonds.